The highest BCUT2D eigenvalue weighted by molar-refractivity contribution is 7.16. The van der Waals surface area contributed by atoms with E-state index in [1.807, 2.05) is 4.52 Å². The van der Waals surface area contributed by atoms with Crippen LogP contribution < -0.4 is 5.73 Å². The van der Waals surface area contributed by atoms with Crippen molar-refractivity contribution in [3.05, 3.63) is 10.8 Å². The van der Waals surface area contributed by atoms with E-state index >= 15 is 0 Å². The van der Waals surface area contributed by atoms with Gasteiger partial charge in [-0.3, -0.25) is 0 Å². The minimum Gasteiger partial charge on any atom is -0.330 e. The maximum absolute atomic E-state index is 5.69. The number of rotatable bonds is 8. The van der Waals surface area contributed by atoms with Gasteiger partial charge < -0.3 is 5.73 Å². The van der Waals surface area contributed by atoms with Crippen molar-refractivity contribution in [2.24, 2.45) is 11.7 Å². The van der Waals surface area contributed by atoms with E-state index in [1.165, 1.54) is 19.3 Å². The maximum atomic E-state index is 5.69. The summed E-state index contributed by atoms with van der Waals surface area (Å²) in [6.45, 7) is 7.26. The summed E-state index contributed by atoms with van der Waals surface area (Å²) in [4.78, 5) is 0.912. The first-order chi connectivity index (χ1) is 9.65. The van der Waals surface area contributed by atoms with E-state index in [4.69, 9.17) is 5.73 Å². The SMILES string of the molecule is CCCC(CCN)CCc1nn2c(C(C)C)nnc2s1. The van der Waals surface area contributed by atoms with Crippen molar-refractivity contribution in [3.63, 3.8) is 0 Å². The molecule has 0 aromatic carbocycles. The lowest BCUT2D eigenvalue weighted by molar-refractivity contribution is 0.420. The van der Waals surface area contributed by atoms with Gasteiger partial charge in [0.2, 0.25) is 4.96 Å². The minimum atomic E-state index is 0.352. The highest BCUT2D eigenvalue weighted by Gasteiger charge is 2.15. The first-order valence-corrected chi connectivity index (χ1v) is 8.38. The third-order valence-corrected chi connectivity index (χ3v) is 4.57. The molecule has 1 unspecified atom stereocenters. The van der Waals surface area contributed by atoms with Crippen LogP contribution in [0.1, 0.15) is 63.2 Å². The molecule has 0 amide bonds. The van der Waals surface area contributed by atoms with Crippen molar-refractivity contribution in [1.29, 1.82) is 0 Å². The summed E-state index contributed by atoms with van der Waals surface area (Å²) in [6.07, 6.45) is 5.81. The molecule has 2 aromatic rings. The van der Waals surface area contributed by atoms with Gasteiger partial charge in [0.1, 0.15) is 5.01 Å². The van der Waals surface area contributed by atoms with E-state index in [0.29, 0.717) is 5.92 Å². The van der Waals surface area contributed by atoms with Gasteiger partial charge in [0, 0.05) is 12.3 Å². The molecule has 0 aliphatic rings. The zero-order valence-corrected chi connectivity index (χ0v) is 13.5. The monoisotopic (exact) mass is 295 g/mol. The van der Waals surface area contributed by atoms with Crippen LogP contribution in [0.5, 0.6) is 0 Å². The van der Waals surface area contributed by atoms with Gasteiger partial charge in [-0.25, -0.2) is 0 Å². The van der Waals surface area contributed by atoms with Crippen LogP contribution in [0, 0.1) is 5.92 Å². The molecule has 0 saturated carbocycles. The quantitative estimate of drug-likeness (QED) is 0.812. The van der Waals surface area contributed by atoms with Gasteiger partial charge in [0.05, 0.1) is 0 Å². The third-order valence-electron chi connectivity index (χ3n) is 3.61. The number of nitrogens with two attached hydrogens (primary N) is 1. The Morgan fingerprint density at radius 3 is 2.65 bits per heavy atom. The van der Waals surface area contributed by atoms with Gasteiger partial charge in [-0.2, -0.15) is 9.61 Å². The van der Waals surface area contributed by atoms with Gasteiger partial charge in [0.25, 0.3) is 0 Å². The standard InChI is InChI=1S/C14H25N5S/c1-4-5-11(8-9-15)6-7-12-18-19-13(10(2)3)16-17-14(19)20-12/h10-11H,4-9,15H2,1-3H3. The Morgan fingerprint density at radius 2 is 2.00 bits per heavy atom. The van der Waals surface area contributed by atoms with Crippen LogP contribution in [0.15, 0.2) is 0 Å². The van der Waals surface area contributed by atoms with Crippen molar-refractivity contribution in [2.75, 3.05) is 6.54 Å². The fourth-order valence-corrected chi connectivity index (χ4v) is 3.39. The predicted octanol–water partition coefficient (Wildman–Crippen LogP) is 3.01. The Hall–Kier alpha value is -1.01. The molecule has 2 rings (SSSR count). The number of aromatic nitrogens is 4. The van der Waals surface area contributed by atoms with E-state index < -0.39 is 0 Å². The van der Waals surface area contributed by atoms with Crippen LogP contribution in [-0.4, -0.2) is 26.4 Å². The third kappa shape index (κ3) is 3.55. The van der Waals surface area contributed by atoms with Crippen LogP contribution in [0.3, 0.4) is 0 Å². The summed E-state index contributed by atoms with van der Waals surface area (Å²) in [5, 5.41) is 14.2. The molecule has 2 heterocycles. The van der Waals surface area contributed by atoms with Gasteiger partial charge in [-0.05, 0) is 25.3 Å². The topological polar surface area (TPSA) is 69.1 Å². The summed E-state index contributed by atoms with van der Waals surface area (Å²) >= 11 is 1.66. The first-order valence-electron chi connectivity index (χ1n) is 7.56. The van der Waals surface area contributed by atoms with Crippen LogP contribution >= 0.6 is 11.3 Å². The average Bonchev–Trinajstić information content (AvgIpc) is 2.95. The second-order valence-corrected chi connectivity index (χ2v) is 6.71. The zero-order chi connectivity index (χ0) is 14.5. The first kappa shape index (κ1) is 15.4. The summed E-state index contributed by atoms with van der Waals surface area (Å²) in [7, 11) is 0. The summed E-state index contributed by atoms with van der Waals surface area (Å²) in [6, 6.07) is 0. The average molecular weight is 295 g/mol. The van der Waals surface area contributed by atoms with Crippen LogP contribution in [0.2, 0.25) is 0 Å². The van der Waals surface area contributed by atoms with Gasteiger partial charge >= 0.3 is 0 Å². The van der Waals surface area contributed by atoms with E-state index in [0.717, 1.165) is 41.1 Å². The molecule has 20 heavy (non-hydrogen) atoms. The van der Waals surface area contributed by atoms with E-state index in [1.54, 1.807) is 11.3 Å². The molecular formula is C14H25N5S. The Labute approximate surface area is 124 Å². The molecule has 0 aliphatic carbocycles. The van der Waals surface area contributed by atoms with Gasteiger partial charge in [0.15, 0.2) is 5.82 Å². The molecule has 2 N–H and O–H groups in total. The molecule has 112 valence electrons. The highest BCUT2D eigenvalue weighted by Crippen LogP contribution is 2.22. The lowest BCUT2D eigenvalue weighted by Crippen LogP contribution is -2.10. The Kier molecular flexibility index (Phi) is 5.48. The zero-order valence-electron chi connectivity index (χ0n) is 12.7. The fourth-order valence-electron chi connectivity index (χ4n) is 2.54. The van der Waals surface area contributed by atoms with Crippen LogP contribution in [0.25, 0.3) is 4.96 Å². The van der Waals surface area contributed by atoms with Gasteiger partial charge in [-0.15, -0.1) is 10.2 Å². The maximum Gasteiger partial charge on any atom is 0.234 e. The van der Waals surface area contributed by atoms with E-state index in [-0.39, 0.29) is 0 Å². The molecule has 6 heteroatoms. The lowest BCUT2D eigenvalue weighted by Gasteiger charge is -2.13. The van der Waals surface area contributed by atoms with Crippen LogP contribution in [0.4, 0.5) is 0 Å². The molecule has 0 radical (unpaired) electrons. The smallest absolute Gasteiger partial charge is 0.234 e. The summed E-state index contributed by atoms with van der Waals surface area (Å²) in [5.41, 5.74) is 5.69. The van der Waals surface area contributed by atoms with Crippen molar-refractivity contribution in [3.8, 4) is 0 Å². The number of aryl methyl sites for hydroxylation is 1. The molecule has 0 fully saturated rings. The van der Waals surface area contributed by atoms with Crippen molar-refractivity contribution < 1.29 is 0 Å². The highest BCUT2D eigenvalue weighted by atomic mass is 32.1. The molecular weight excluding hydrogens is 270 g/mol. The van der Waals surface area contributed by atoms with Crippen molar-refractivity contribution in [1.82, 2.24) is 19.8 Å². The molecule has 0 saturated heterocycles. The molecule has 0 spiro atoms. The molecule has 0 aliphatic heterocycles. The fraction of sp³-hybridized carbons (Fsp3) is 0.786. The second-order valence-electron chi connectivity index (χ2n) is 5.67. The predicted molar refractivity (Wildman–Crippen MR) is 83.1 cm³/mol. The number of nitrogens with zero attached hydrogens (tertiary/aromatic N) is 4. The van der Waals surface area contributed by atoms with Crippen molar-refractivity contribution >= 4 is 16.3 Å². The largest absolute Gasteiger partial charge is 0.330 e. The lowest BCUT2D eigenvalue weighted by atomic mass is 9.95. The number of hydrogen-bond donors (Lipinski definition) is 1. The Morgan fingerprint density at radius 1 is 1.20 bits per heavy atom. The molecule has 2 aromatic heterocycles. The van der Waals surface area contributed by atoms with Gasteiger partial charge in [-0.1, -0.05) is 44.9 Å². The Balaban J connectivity index is 2.02. The molecule has 5 nitrogen and oxygen atoms in total. The second kappa shape index (κ2) is 7.13. The van der Waals surface area contributed by atoms with Crippen LogP contribution in [-0.2, 0) is 6.42 Å². The van der Waals surface area contributed by atoms with E-state index in [9.17, 15) is 0 Å². The summed E-state index contributed by atoms with van der Waals surface area (Å²) in [5.74, 6) is 2.03. The Bertz CT molecular complexity index is 525. The normalized spacial score (nSPS) is 13.4. The van der Waals surface area contributed by atoms with E-state index in [2.05, 4.69) is 36.1 Å². The van der Waals surface area contributed by atoms with Crippen molar-refractivity contribution in [2.45, 2.75) is 58.8 Å². The number of hydrogen-bond acceptors (Lipinski definition) is 5. The molecule has 1 atom stereocenters. The summed E-state index contributed by atoms with van der Waals surface area (Å²) < 4.78 is 1.91. The number of fused-ring (bicyclic) bond motifs is 1. The molecule has 0 bridgehead atoms. The minimum absolute atomic E-state index is 0.352.